The van der Waals surface area contributed by atoms with Crippen LogP contribution >= 0.6 is 0 Å². The molecule has 4 aliphatic carbocycles. The molecular weight excluding hydrogens is 897 g/mol. The highest BCUT2D eigenvalue weighted by molar-refractivity contribution is 5.19. The van der Waals surface area contributed by atoms with Gasteiger partial charge in [0.2, 0.25) is 0 Å². The second-order valence-corrected chi connectivity index (χ2v) is 22.6. The molecule has 7 aliphatic rings. The van der Waals surface area contributed by atoms with E-state index in [4.69, 9.17) is 28.4 Å². The summed E-state index contributed by atoms with van der Waals surface area (Å²) in [5.74, 6) is -0.157. The van der Waals surface area contributed by atoms with Crippen LogP contribution in [0.4, 0.5) is 0 Å². The average molecular weight is 979 g/mol. The highest BCUT2D eigenvalue weighted by Crippen LogP contribution is 2.75. The minimum atomic E-state index is -1.88. The van der Waals surface area contributed by atoms with Crippen LogP contribution < -0.4 is 0 Å². The van der Waals surface area contributed by atoms with Crippen molar-refractivity contribution in [2.75, 3.05) is 39.6 Å². The largest absolute Gasteiger partial charge is 0.396 e. The summed E-state index contributed by atoms with van der Waals surface area (Å²) < 4.78 is 36.9. The number of aliphatic hydroxyl groups excluding tert-OH is 14. The van der Waals surface area contributed by atoms with E-state index in [0.717, 1.165) is 31.3 Å². The van der Waals surface area contributed by atoms with Gasteiger partial charge in [0.05, 0.1) is 51.8 Å². The molecule has 7 fully saturated rings. The van der Waals surface area contributed by atoms with E-state index in [1.54, 1.807) is 0 Å². The summed E-state index contributed by atoms with van der Waals surface area (Å²) in [7, 11) is 0. The van der Waals surface area contributed by atoms with Gasteiger partial charge in [-0.3, -0.25) is 0 Å². The van der Waals surface area contributed by atoms with Gasteiger partial charge >= 0.3 is 0 Å². The summed E-state index contributed by atoms with van der Waals surface area (Å²) in [6, 6.07) is 0. The highest BCUT2D eigenvalue weighted by Gasteiger charge is 2.71. The first-order chi connectivity index (χ1) is 32.1. The third-order valence-corrected chi connectivity index (χ3v) is 19.2. The molecule has 68 heavy (non-hydrogen) atoms. The van der Waals surface area contributed by atoms with Crippen LogP contribution in [0.5, 0.6) is 0 Å². The lowest BCUT2D eigenvalue weighted by molar-refractivity contribution is -0.382. The molecule has 20 heteroatoms. The lowest BCUT2D eigenvalue weighted by Gasteiger charge is -2.72. The van der Waals surface area contributed by atoms with Gasteiger partial charge < -0.3 is 99.9 Å². The summed E-state index contributed by atoms with van der Waals surface area (Å²) >= 11 is 0. The van der Waals surface area contributed by atoms with Gasteiger partial charge in [-0.15, -0.1) is 0 Å². The van der Waals surface area contributed by atoms with E-state index in [1.165, 1.54) is 0 Å². The minimum Gasteiger partial charge on any atom is -0.396 e. The first-order valence-electron chi connectivity index (χ1n) is 24.8. The number of ether oxygens (including phenoxy) is 6. The fraction of sp³-hybridized carbons (Fsp3) is 0.958. The Morgan fingerprint density at radius 2 is 1.15 bits per heavy atom. The number of allylic oxidation sites excluding steroid dienone is 1. The molecule has 25 atom stereocenters. The Hall–Kier alpha value is -1.06. The molecule has 0 aromatic heterocycles. The molecule has 3 aliphatic heterocycles. The molecule has 0 bridgehead atoms. The topological polar surface area (TPSA) is 339 Å². The van der Waals surface area contributed by atoms with Gasteiger partial charge in [-0.25, -0.2) is 0 Å². The molecule has 0 amide bonds. The van der Waals surface area contributed by atoms with E-state index in [-0.39, 0.29) is 48.4 Å². The molecule has 0 aromatic rings. The predicted octanol–water partition coefficient (Wildman–Crippen LogP) is -2.08. The molecule has 4 saturated carbocycles. The summed E-state index contributed by atoms with van der Waals surface area (Å²) in [5, 5.41) is 150. The van der Waals surface area contributed by atoms with Gasteiger partial charge in [0.15, 0.2) is 18.9 Å². The van der Waals surface area contributed by atoms with Crippen LogP contribution in [0.1, 0.15) is 98.8 Å². The van der Waals surface area contributed by atoms with Gasteiger partial charge in [-0.1, -0.05) is 39.3 Å². The molecule has 20 nitrogen and oxygen atoms in total. The van der Waals surface area contributed by atoms with Crippen LogP contribution in [0.25, 0.3) is 0 Å². The Morgan fingerprint density at radius 3 is 1.74 bits per heavy atom. The van der Waals surface area contributed by atoms with Gasteiger partial charge in [0.25, 0.3) is 0 Å². The van der Waals surface area contributed by atoms with E-state index in [2.05, 4.69) is 20.8 Å². The van der Waals surface area contributed by atoms with Crippen molar-refractivity contribution in [3.8, 4) is 0 Å². The molecular formula is C48H82O20. The fourth-order valence-corrected chi connectivity index (χ4v) is 14.7. The Labute approximate surface area is 398 Å². The van der Waals surface area contributed by atoms with E-state index in [9.17, 15) is 71.5 Å². The van der Waals surface area contributed by atoms with Crippen LogP contribution in [0.15, 0.2) is 11.6 Å². The van der Waals surface area contributed by atoms with Gasteiger partial charge in [-0.2, -0.15) is 0 Å². The SMILES string of the molecule is C/C(=C/CC[C@]1(CO)CC[C@]2(C)[C@H](CC[C@@H]3[C@@]4(C)CC[C@H](O[C@@H]5O[C@H](CO)[C@@H](O)[C@H](O)[C@H]5O[C@@H]5O[C@H](CO)[C@@H](O)[C@H](O)[C@H]5O)[C@@](C)(CO[C@@H]5O[C@H](CO)[C@@H](O)[C@H](O)[C@H]5O)[C@@H]4CC[C@]32C)[C@H]1O)CO. The third kappa shape index (κ3) is 9.19. The van der Waals surface area contributed by atoms with E-state index in [1.807, 2.05) is 19.9 Å². The molecule has 0 aromatic carbocycles. The zero-order valence-electron chi connectivity index (χ0n) is 40.1. The second-order valence-electron chi connectivity index (χ2n) is 22.6. The molecule has 7 rings (SSSR count). The maximum atomic E-state index is 12.4. The lowest BCUT2D eigenvalue weighted by atomic mass is 9.33. The summed E-state index contributed by atoms with van der Waals surface area (Å²) in [6.45, 7) is 8.24. The molecule has 394 valence electrons. The Kier molecular flexibility index (Phi) is 16.9. The fourth-order valence-electron chi connectivity index (χ4n) is 14.7. The van der Waals surface area contributed by atoms with Crippen molar-refractivity contribution in [2.24, 2.45) is 44.8 Å². The summed E-state index contributed by atoms with van der Waals surface area (Å²) in [6.07, 6.45) is -17.4. The summed E-state index contributed by atoms with van der Waals surface area (Å²) in [5.41, 5.74) is -1.83. The molecule has 0 spiro atoms. The van der Waals surface area contributed by atoms with E-state index >= 15 is 0 Å². The van der Waals surface area contributed by atoms with Gasteiger partial charge in [0.1, 0.15) is 73.2 Å². The zero-order valence-corrected chi connectivity index (χ0v) is 40.1. The Bertz CT molecular complexity index is 1710. The van der Waals surface area contributed by atoms with Crippen molar-refractivity contribution in [1.82, 2.24) is 0 Å². The molecule has 3 heterocycles. The first kappa shape index (κ1) is 54.7. The molecule has 3 saturated heterocycles. The quantitative estimate of drug-likeness (QED) is 0.0619. The number of aliphatic hydroxyl groups is 14. The average Bonchev–Trinajstić information content (AvgIpc) is 3.32. The smallest absolute Gasteiger partial charge is 0.187 e. The van der Waals surface area contributed by atoms with Crippen molar-refractivity contribution >= 4 is 0 Å². The third-order valence-electron chi connectivity index (χ3n) is 19.2. The highest BCUT2D eigenvalue weighted by atomic mass is 16.8. The van der Waals surface area contributed by atoms with Crippen LogP contribution in [0, 0.1) is 44.8 Å². The number of hydrogen-bond donors (Lipinski definition) is 14. The maximum absolute atomic E-state index is 12.4. The molecule has 0 unspecified atom stereocenters. The minimum absolute atomic E-state index is 0.0487. The van der Waals surface area contributed by atoms with Crippen LogP contribution in [-0.4, -0.2) is 215 Å². The van der Waals surface area contributed by atoms with Gasteiger partial charge in [0, 0.05) is 10.8 Å². The Balaban J connectivity index is 1.21. The van der Waals surface area contributed by atoms with Crippen LogP contribution in [-0.2, 0) is 28.4 Å². The van der Waals surface area contributed by atoms with Crippen molar-refractivity contribution < 1.29 is 99.9 Å². The predicted molar refractivity (Wildman–Crippen MR) is 236 cm³/mol. The normalized spacial score (nSPS) is 53.3. The molecule has 0 radical (unpaired) electrons. The second kappa shape index (κ2) is 21.0. The van der Waals surface area contributed by atoms with E-state index in [0.29, 0.717) is 38.5 Å². The van der Waals surface area contributed by atoms with Crippen LogP contribution in [0.3, 0.4) is 0 Å². The van der Waals surface area contributed by atoms with Gasteiger partial charge in [-0.05, 0) is 105 Å². The Morgan fingerprint density at radius 1 is 0.574 bits per heavy atom. The standard InChI is InChI=1S/C48H82O20/c1-23(17-49)7-6-12-48(21-53)16-15-46(4)24(40(48)62)8-9-29-44(2)13-11-30(45(3,28(44)10-14-47(29,46)5)22-63-41-37(60)34(57)31(54)25(18-50)64-41)67-43-39(36(59)33(56)27(20-52)66-43)68-42-38(61)35(58)32(55)26(19-51)65-42/h7,24-43,49-62H,6,8-22H2,1-5H3/b23-7-/t24-,25-,26-,27-,28-,29-,30+,31-,32-,33-,34+,35+,36+,37-,38-,39-,40-,41-,42+,43+,44+,45+,46-,47-,48-/m1/s1. The lowest BCUT2D eigenvalue weighted by Crippen LogP contribution is -2.69. The van der Waals surface area contributed by atoms with Crippen molar-refractivity contribution in [3.63, 3.8) is 0 Å². The van der Waals surface area contributed by atoms with E-state index < -0.39 is 140 Å². The monoisotopic (exact) mass is 979 g/mol. The molecule has 14 N–H and O–H groups in total. The summed E-state index contributed by atoms with van der Waals surface area (Å²) in [4.78, 5) is 0. The zero-order chi connectivity index (χ0) is 49.9. The number of hydrogen-bond acceptors (Lipinski definition) is 20. The first-order valence-corrected chi connectivity index (χ1v) is 24.8. The maximum Gasteiger partial charge on any atom is 0.187 e. The van der Waals surface area contributed by atoms with Crippen molar-refractivity contribution in [1.29, 1.82) is 0 Å². The number of rotatable bonds is 15. The van der Waals surface area contributed by atoms with Crippen molar-refractivity contribution in [3.05, 3.63) is 11.6 Å². The number of fused-ring (bicyclic) bond motifs is 5. The van der Waals surface area contributed by atoms with Crippen LogP contribution in [0.2, 0.25) is 0 Å². The van der Waals surface area contributed by atoms with Crippen molar-refractivity contribution in [2.45, 2.75) is 203 Å².